The molecule has 0 saturated carbocycles. The lowest BCUT2D eigenvalue weighted by Crippen LogP contribution is -2.35. The van der Waals surface area contributed by atoms with Crippen molar-refractivity contribution in [3.05, 3.63) is 24.4 Å². The lowest BCUT2D eigenvalue weighted by atomic mass is 10.1. The summed E-state index contributed by atoms with van der Waals surface area (Å²) in [4.78, 5) is 7.09. The minimum Gasteiger partial charge on any atom is -0.496 e. The molecule has 134 valence electrons. The van der Waals surface area contributed by atoms with E-state index in [0.717, 1.165) is 18.7 Å². The molecular formula is C18H25N5O2. The van der Waals surface area contributed by atoms with Gasteiger partial charge in [-0.3, -0.25) is 4.90 Å². The summed E-state index contributed by atoms with van der Waals surface area (Å²) in [5.74, 6) is 1.91. The Morgan fingerprint density at radius 3 is 2.68 bits per heavy atom. The molecular weight excluding hydrogens is 318 g/mol. The van der Waals surface area contributed by atoms with E-state index in [1.165, 1.54) is 19.4 Å². The van der Waals surface area contributed by atoms with E-state index in [4.69, 9.17) is 9.47 Å². The molecule has 0 bridgehead atoms. The first-order chi connectivity index (χ1) is 12.3. The van der Waals surface area contributed by atoms with Gasteiger partial charge in [0.25, 0.3) is 0 Å². The molecule has 1 aromatic heterocycles. The fraction of sp³-hybridized carbons (Fsp3) is 0.500. The fourth-order valence-electron chi connectivity index (χ4n) is 3.35. The first-order valence-corrected chi connectivity index (χ1v) is 8.65. The van der Waals surface area contributed by atoms with Gasteiger partial charge in [0.15, 0.2) is 0 Å². The van der Waals surface area contributed by atoms with Gasteiger partial charge in [0.05, 0.1) is 26.0 Å². The maximum absolute atomic E-state index is 5.46. The molecule has 7 heteroatoms. The number of methoxy groups -OCH3 is 2. The number of anilines is 1. The number of rotatable bonds is 7. The van der Waals surface area contributed by atoms with Gasteiger partial charge in [-0.15, -0.1) is 5.10 Å². The Hall–Kier alpha value is -2.41. The van der Waals surface area contributed by atoms with Crippen molar-refractivity contribution in [3.8, 4) is 22.8 Å². The van der Waals surface area contributed by atoms with E-state index < -0.39 is 0 Å². The highest BCUT2D eigenvalue weighted by Crippen LogP contribution is 2.36. The van der Waals surface area contributed by atoms with Crippen molar-refractivity contribution in [2.24, 2.45) is 0 Å². The topological polar surface area (TPSA) is 72.4 Å². The molecule has 1 N–H and O–H groups in total. The van der Waals surface area contributed by atoms with E-state index >= 15 is 0 Å². The summed E-state index contributed by atoms with van der Waals surface area (Å²) in [6.07, 6.45) is 4.07. The number of hydrogen-bond donors (Lipinski definition) is 1. The zero-order chi connectivity index (χ0) is 17.6. The molecule has 1 aliphatic heterocycles. The Morgan fingerprint density at radius 2 is 2.00 bits per heavy atom. The standard InChI is InChI=1S/C18H25N5O2/c1-4-23-10-6-7-13(23)11-19-18-21-14(12-20-22-18)17-15(24-2)8-5-9-16(17)25-3/h5,8-9,12-13H,4,6-7,10-11H2,1-3H3,(H,19,21,22). The van der Waals surface area contributed by atoms with Gasteiger partial charge >= 0.3 is 0 Å². The number of aromatic nitrogens is 3. The lowest BCUT2D eigenvalue weighted by Gasteiger charge is -2.22. The van der Waals surface area contributed by atoms with E-state index in [1.807, 2.05) is 18.2 Å². The van der Waals surface area contributed by atoms with Crippen LogP contribution in [-0.2, 0) is 0 Å². The number of likely N-dealkylation sites (N-methyl/N-ethyl adjacent to an activating group) is 1. The van der Waals surface area contributed by atoms with Crippen LogP contribution in [-0.4, -0.2) is 60.0 Å². The number of likely N-dealkylation sites (tertiary alicyclic amines) is 1. The molecule has 2 heterocycles. The van der Waals surface area contributed by atoms with Crippen molar-refractivity contribution >= 4 is 5.95 Å². The van der Waals surface area contributed by atoms with E-state index in [2.05, 4.69) is 32.3 Å². The van der Waals surface area contributed by atoms with Crippen LogP contribution in [0.15, 0.2) is 24.4 Å². The van der Waals surface area contributed by atoms with Crippen molar-refractivity contribution in [1.82, 2.24) is 20.1 Å². The van der Waals surface area contributed by atoms with Gasteiger partial charge in [-0.2, -0.15) is 5.10 Å². The quantitative estimate of drug-likeness (QED) is 0.828. The second-order valence-corrected chi connectivity index (χ2v) is 6.01. The zero-order valence-corrected chi connectivity index (χ0v) is 15.0. The van der Waals surface area contributed by atoms with Gasteiger partial charge < -0.3 is 14.8 Å². The molecule has 0 spiro atoms. The van der Waals surface area contributed by atoms with Gasteiger partial charge in [-0.25, -0.2) is 4.98 Å². The first kappa shape index (κ1) is 17.4. The van der Waals surface area contributed by atoms with Crippen molar-refractivity contribution in [2.75, 3.05) is 39.2 Å². The molecule has 7 nitrogen and oxygen atoms in total. The van der Waals surface area contributed by atoms with Crippen LogP contribution in [0.1, 0.15) is 19.8 Å². The van der Waals surface area contributed by atoms with Gasteiger partial charge in [-0.05, 0) is 38.1 Å². The fourth-order valence-corrected chi connectivity index (χ4v) is 3.35. The van der Waals surface area contributed by atoms with E-state index in [-0.39, 0.29) is 0 Å². The minimum atomic E-state index is 0.522. The second-order valence-electron chi connectivity index (χ2n) is 6.01. The normalized spacial score (nSPS) is 17.5. The highest BCUT2D eigenvalue weighted by Gasteiger charge is 2.23. The van der Waals surface area contributed by atoms with Gasteiger partial charge in [-0.1, -0.05) is 13.0 Å². The predicted molar refractivity (Wildman–Crippen MR) is 97.1 cm³/mol. The Balaban J connectivity index is 1.80. The number of ether oxygens (including phenoxy) is 2. The van der Waals surface area contributed by atoms with Gasteiger partial charge in [0.1, 0.15) is 17.2 Å². The van der Waals surface area contributed by atoms with E-state index in [9.17, 15) is 0 Å². The number of benzene rings is 1. The summed E-state index contributed by atoms with van der Waals surface area (Å²) in [6, 6.07) is 6.17. The summed E-state index contributed by atoms with van der Waals surface area (Å²) in [5.41, 5.74) is 1.45. The summed E-state index contributed by atoms with van der Waals surface area (Å²) in [6.45, 7) is 5.26. The largest absolute Gasteiger partial charge is 0.496 e. The molecule has 1 aromatic carbocycles. The summed E-state index contributed by atoms with van der Waals surface area (Å²) in [7, 11) is 3.26. The Kier molecular flexibility index (Phi) is 5.65. The van der Waals surface area contributed by atoms with Crippen LogP contribution in [0, 0.1) is 0 Å². The highest BCUT2D eigenvalue weighted by atomic mass is 16.5. The van der Waals surface area contributed by atoms with Gasteiger partial charge in [0, 0.05) is 12.6 Å². The molecule has 2 aromatic rings. The predicted octanol–water partition coefficient (Wildman–Crippen LogP) is 2.45. The van der Waals surface area contributed by atoms with Crippen LogP contribution in [0.5, 0.6) is 11.5 Å². The van der Waals surface area contributed by atoms with Crippen LogP contribution < -0.4 is 14.8 Å². The van der Waals surface area contributed by atoms with Crippen LogP contribution in [0.25, 0.3) is 11.3 Å². The number of hydrogen-bond acceptors (Lipinski definition) is 7. The van der Waals surface area contributed by atoms with E-state index in [0.29, 0.717) is 29.2 Å². The molecule has 3 rings (SSSR count). The zero-order valence-electron chi connectivity index (χ0n) is 15.0. The molecule has 0 amide bonds. The van der Waals surface area contributed by atoms with E-state index in [1.54, 1.807) is 20.4 Å². The second kappa shape index (κ2) is 8.11. The average Bonchev–Trinajstić information content (AvgIpc) is 3.13. The van der Waals surface area contributed by atoms with Crippen LogP contribution in [0.2, 0.25) is 0 Å². The SMILES string of the molecule is CCN1CCCC1CNc1nncc(-c2c(OC)cccc2OC)n1. The third-order valence-electron chi connectivity index (χ3n) is 4.64. The van der Waals surface area contributed by atoms with Crippen LogP contribution in [0.4, 0.5) is 5.95 Å². The monoisotopic (exact) mass is 343 g/mol. The summed E-state index contributed by atoms with van der Waals surface area (Å²) in [5, 5.41) is 11.5. The minimum absolute atomic E-state index is 0.522. The summed E-state index contributed by atoms with van der Waals surface area (Å²) >= 11 is 0. The Morgan fingerprint density at radius 1 is 1.24 bits per heavy atom. The molecule has 1 saturated heterocycles. The summed E-state index contributed by atoms with van der Waals surface area (Å²) < 4.78 is 10.9. The van der Waals surface area contributed by atoms with Crippen LogP contribution in [0.3, 0.4) is 0 Å². The van der Waals surface area contributed by atoms with Gasteiger partial charge in [0.2, 0.25) is 5.95 Å². The molecule has 1 fully saturated rings. The molecule has 1 atom stereocenters. The third kappa shape index (κ3) is 3.82. The third-order valence-corrected chi connectivity index (χ3v) is 4.64. The Bertz CT molecular complexity index is 687. The van der Waals surface area contributed by atoms with Crippen molar-refractivity contribution in [1.29, 1.82) is 0 Å². The molecule has 1 unspecified atom stereocenters. The molecule has 0 radical (unpaired) electrons. The number of nitrogens with zero attached hydrogens (tertiary/aromatic N) is 4. The molecule has 25 heavy (non-hydrogen) atoms. The smallest absolute Gasteiger partial charge is 0.243 e. The maximum Gasteiger partial charge on any atom is 0.243 e. The Labute approximate surface area is 148 Å². The highest BCUT2D eigenvalue weighted by molar-refractivity contribution is 5.74. The van der Waals surface area contributed by atoms with Crippen molar-refractivity contribution in [2.45, 2.75) is 25.8 Å². The lowest BCUT2D eigenvalue weighted by molar-refractivity contribution is 0.276. The van der Waals surface area contributed by atoms with Crippen molar-refractivity contribution in [3.63, 3.8) is 0 Å². The van der Waals surface area contributed by atoms with Crippen LogP contribution >= 0.6 is 0 Å². The van der Waals surface area contributed by atoms with Crippen molar-refractivity contribution < 1.29 is 9.47 Å². The first-order valence-electron chi connectivity index (χ1n) is 8.65. The molecule has 0 aliphatic carbocycles. The maximum atomic E-state index is 5.46. The average molecular weight is 343 g/mol. The number of nitrogens with one attached hydrogen (secondary N) is 1. The molecule has 1 aliphatic rings.